The molecule has 3 aromatic rings. The second-order valence-corrected chi connectivity index (χ2v) is 4.99. The van der Waals surface area contributed by atoms with E-state index >= 15 is 0 Å². The second-order valence-electron chi connectivity index (χ2n) is 4.56. The Bertz CT molecular complexity index is 816. The van der Waals surface area contributed by atoms with Crippen LogP contribution in [-0.2, 0) is 4.79 Å². The van der Waals surface area contributed by atoms with E-state index in [9.17, 15) is 9.90 Å². The number of hydrogen-bond donors (Lipinski definition) is 1. The Labute approximate surface area is 125 Å². The molecule has 0 radical (unpaired) electrons. The van der Waals surface area contributed by atoms with Gasteiger partial charge in [0.2, 0.25) is 0 Å². The van der Waals surface area contributed by atoms with Crippen molar-refractivity contribution in [3.63, 3.8) is 0 Å². The van der Waals surface area contributed by atoms with Gasteiger partial charge in [-0.05, 0) is 25.1 Å². The zero-order valence-corrected chi connectivity index (χ0v) is 11.8. The largest absolute Gasteiger partial charge is 0.480 e. The Morgan fingerprint density at radius 1 is 1.43 bits per heavy atom. The third kappa shape index (κ3) is 2.34. The van der Waals surface area contributed by atoms with Crippen LogP contribution >= 0.6 is 11.6 Å². The molecule has 3 heterocycles. The summed E-state index contributed by atoms with van der Waals surface area (Å²) in [5.74, 6) is -0.459. The first-order valence-corrected chi connectivity index (χ1v) is 6.62. The molecule has 6 nitrogen and oxygen atoms in total. The topological polar surface area (TPSA) is 80.9 Å². The molecule has 3 aromatic heterocycles. The fraction of sp³-hybridized carbons (Fsp3) is 0.143. The van der Waals surface area contributed by atoms with E-state index in [4.69, 9.17) is 11.6 Å². The average Bonchev–Trinajstić information content (AvgIpc) is 2.85. The molecular formula is C14H11ClN4O2. The number of carboxylic acid groups (broad SMARTS) is 1. The lowest BCUT2D eigenvalue weighted by atomic mass is 10.2. The van der Waals surface area contributed by atoms with E-state index in [1.165, 1.54) is 6.20 Å². The van der Waals surface area contributed by atoms with Gasteiger partial charge in [-0.25, -0.2) is 14.8 Å². The standard InChI is InChI=1S/C14H11ClN4O2/c1-8(14(20)21)19-12(9-3-2-4-16-6-9)18-11-5-10(15)7-17-13(11)19/h2-8H,1H3,(H,20,21). The molecule has 21 heavy (non-hydrogen) atoms. The molecule has 1 atom stereocenters. The molecule has 1 N–H and O–H groups in total. The van der Waals surface area contributed by atoms with E-state index in [2.05, 4.69) is 15.0 Å². The van der Waals surface area contributed by atoms with Crippen LogP contribution in [0.1, 0.15) is 13.0 Å². The van der Waals surface area contributed by atoms with Crippen LogP contribution in [-0.4, -0.2) is 30.6 Å². The van der Waals surface area contributed by atoms with Crippen molar-refractivity contribution in [1.82, 2.24) is 19.5 Å². The van der Waals surface area contributed by atoms with Crippen LogP contribution in [0.2, 0.25) is 5.02 Å². The average molecular weight is 303 g/mol. The van der Waals surface area contributed by atoms with E-state index in [0.29, 0.717) is 22.0 Å². The number of aliphatic carboxylic acids is 1. The number of aromatic nitrogens is 4. The van der Waals surface area contributed by atoms with Crippen LogP contribution in [0.5, 0.6) is 0 Å². The normalized spacial score (nSPS) is 12.5. The van der Waals surface area contributed by atoms with Crippen LogP contribution in [0.25, 0.3) is 22.6 Å². The van der Waals surface area contributed by atoms with E-state index in [1.54, 1.807) is 36.0 Å². The Balaban J connectivity index is 2.32. The number of carbonyl (C=O) groups is 1. The minimum Gasteiger partial charge on any atom is -0.480 e. The lowest BCUT2D eigenvalue weighted by Crippen LogP contribution is -2.17. The molecule has 0 aliphatic heterocycles. The monoisotopic (exact) mass is 302 g/mol. The predicted octanol–water partition coefficient (Wildman–Crippen LogP) is 2.79. The van der Waals surface area contributed by atoms with Gasteiger partial charge >= 0.3 is 5.97 Å². The van der Waals surface area contributed by atoms with Gasteiger partial charge in [0.15, 0.2) is 5.65 Å². The molecule has 0 amide bonds. The van der Waals surface area contributed by atoms with Crippen LogP contribution in [0.3, 0.4) is 0 Å². The van der Waals surface area contributed by atoms with Gasteiger partial charge < -0.3 is 5.11 Å². The summed E-state index contributed by atoms with van der Waals surface area (Å²) in [6, 6.07) is 4.44. The van der Waals surface area contributed by atoms with Crippen molar-refractivity contribution in [2.24, 2.45) is 0 Å². The Hall–Kier alpha value is -2.47. The molecule has 106 valence electrons. The Kier molecular flexibility index (Phi) is 3.31. The maximum absolute atomic E-state index is 11.4. The predicted molar refractivity (Wildman–Crippen MR) is 78.1 cm³/mol. The maximum Gasteiger partial charge on any atom is 0.326 e. The van der Waals surface area contributed by atoms with E-state index < -0.39 is 12.0 Å². The van der Waals surface area contributed by atoms with Gasteiger partial charge in [0, 0.05) is 24.2 Å². The summed E-state index contributed by atoms with van der Waals surface area (Å²) in [7, 11) is 0. The molecule has 7 heteroatoms. The third-order valence-electron chi connectivity index (χ3n) is 3.16. The first-order valence-electron chi connectivity index (χ1n) is 6.24. The highest BCUT2D eigenvalue weighted by Crippen LogP contribution is 2.28. The van der Waals surface area contributed by atoms with Gasteiger partial charge in [-0.2, -0.15) is 0 Å². The van der Waals surface area contributed by atoms with Gasteiger partial charge in [-0.15, -0.1) is 0 Å². The molecule has 1 unspecified atom stereocenters. The van der Waals surface area contributed by atoms with Crippen LogP contribution in [0, 0.1) is 0 Å². The third-order valence-corrected chi connectivity index (χ3v) is 3.37. The van der Waals surface area contributed by atoms with E-state index in [0.717, 1.165) is 5.56 Å². The molecule has 0 saturated carbocycles. The Morgan fingerprint density at radius 2 is 2.24 bits per heavy atom. The summed E-state index contributed by atoms with van der Waals surface area (Å²) >= 11 is 5.93. The molecule has 0 spiro atoms. The number of halogens is 1. The summed E-state index contributed by atoms with van der Waals surface area (Å²) in [4.78, 5) is 24.1. The first kappa shape index (κ1) is 13.5. The molecular weight excluding hydrogens is 292 g/mol. The van der Waals surface area contributed by atoms with Gasteiger partial charge in [0.05, 0.1) is 5.02 Å². The molecule has 3 rings (SSSR count). The fourth-order valence-corrected chi connectivity index (χ4v) is 2.29. The number of pyridine rings is 2. The molecule has 0 aromatic carbocycles. The summed E-state index contributed by atoms with van der Waals surface area (Å²) in [5, 5.41) is 9.77. The fourth-order valence-electron chi connectivity index (χ4n) is 2.13. The zero-order chi connectivity index (χ0) is 15.0. The number of nitrogens with zero attached hydrogens (tertiary/aromatic N) is 4. The zero-order valence-electron chi connectivity index (χ0n) is 11.1. The smallest absolute Gasteiger partial charge is 0.326 e. The lowest BCUT2D eigenvalue weighted by Gasteiger charge is -2.12. The molecule has 0 saturated heterocycles. The van der Waals surface area contributed by atoms with Crippen molar-refractivity contribution < 1.29 is 9.90 Å². The van der Waals surface area contributed by atoms with Crippen LogP contribution in [0.4, 0.5) is 0 Å². The SMILES string of the molecule is CC(C(=O)O)n1c(-c2cccnc2)nc2cc(Cl)cnc21. The Morgan fingerprint density at radius 3 is 2.90 bits per heavy atom. The molecule has 0 bridgehead atoms. The van der Waals surface area contributed by atoms with Gasteiger partial charge in [0.1, 0.15) is 17.4 Å². The first-order chi connectivity index (χ1) is 10.1. The summed E-state index contributed by atoms with van der Waals surface area (Å²) in [6.07, 6.45) is 4.75. The van der Waals surface area contributed by atoms with Crippen molar-refractivity contribution in [3.8, 4) is 11.4 Å². The molecule has 0 aliphatic rings. The molecule has 0 fully saturated rings. The number of hydrogen-bond acceptors (Lipinski definition) is 4. The van der Waals surface area contributed by atoms with E-state index in [-0.39, 0.29) is 0 Å². The minimum absolute atomic E-state index is 0.452. The molecule has 0 aliphatic carbocycles. The van der Waals surface area contributed by atoms with Crippen molar-refractivity contribution >= 4 is 28.7 Å². The summed E-state index contributed by atoms with van der Waals surface area (Å²) < 4.78 is 1.57. The number of fused-ring (bicyclic) bond motifs is 1. The highest BCUT2D eigenvalue weighted by atomic mass is 35.5. The maximum atomic E-state index is 11.4. The van der Waals surface area contributed by atoms with Crippen LogP contribution in [0.15, 0.2) is 36.8 Å². The number of imidazole rings is 1. The highest BCUT2D eigenvalue weighted by Gasteiger charge is 2.22. The van der Waals surface area contributed by atoms with Gasteiger partial charge in [0.25, 0.3) is 0 Å². The van der Waals surface area contributed by atoms with Gasteiger partial charge in [-0.1, -0.05) is 11.6 Å². The van der Waals surface area contributed by atoms with Crippen molar-refractivity contribution in [1.29, 1.82) is 0 Å². The quantitative estimate of drug-likeness (QED) is 0.804. The minimum atomic E-state index is -0.962. The summed E-state index contributed by atoms with van der Waals surface area (Å²) in [6.45, 7) is 1.58. The van der Waals surface area contributed by atoms with Gasteiger partial charge in [-0.3, -0.25) is 9.55 Å². The van der Waals surface area contributed by atoms with E-state index in [1.807, 2.05) is 6.07 Å². The summed E-state index contributed by atoms with van der Waals surface area (Å²) in [5.41, 5.74) is 1.75. The second kappa shape index (κ2) is 5.14. The number of rotatable bonds is 3. The van der Waals surface area contributed by atoms with Crippen molar-refractivity contribution in [3.05, 3.63) is 41.8 Å². The van der Waals surface area contributed by atoms with Crippen molar-refractivity contribution in [2.75, 3.05) is 0 Å². The number of carboxylic acids is 1. The van der Waals surface area contributed by atoms with Crippen LogP contribution < -0.4 is 0 Å². The lowest BCUT2D eigenvalue weighted by molar-refractivity contribution is -0.140. The highest BCUT2D eigenvalue weighted by molar-refractivity contribution is 6.31. The van der Waals surface area contributed by atoms with Crippen molar-refractivity contribution in [2.45, 2.75) is 13.0 Å².